The molecule has 0 aliphatic carbocycles. The first-order chi connectivity index (χ1) is 7.55. The first kappa shape index (κ1) is 13.2. The van der Waals surface area contributed by atoms with Gasteiger partial charge >= 0.3 is 0 Å². The van der Waals surface area contributed by atoms with E-state index in [1.165, 1.54) is 0 Å². The molecule has 1 rings (SSSR count). The molecule has 0 N–H and O–H groups in total. The van der Waals surface area contributed by atoms with Crippen molar-refractivity contribution in [3.63, 3.8) is 0 Å². The highest BCUT2D eigenvalue weighted by atomic mass is 28.3. The van der Waals surface area contributed by atoms with E-state index in [0.29, 0.717) is 0 Å². The number of rotatable bonds is 4. The van der Waals surface area contributed by atoms with Crippen LogP contribution in [-0.2, 0) is 0 Å². The highest BCUT2D eigenvalue weighted by Gasteiger charge is 2.38. The Morgan fingerprint density at radius 2 is 1.44 bits per heavy atom. The Hall–Kier alpha value is -0.823. The minimum atomic E-state index is -1.51. The maximum absolute atomic E-state index is 2.51. The summed E-state index contributed by atoms with van der Waals surface area (Å²) in [5, 5.41) is 1.57. The summed E-state index contributed by atoms with van der Waals surface area (Å²) >= 11 is 0. The summed E-state index contributed by atoms with van der Waals surface area (Å²) in [6.07, 6.45) is 2.25. The molecule has 88 valence electrons. The van der Waals surface area contributed by atoms with E-state index >= 15 is 0 Å². The molecule has 0 aliphatic rings. The van der Waals surface area contributed by atoms with Gasteiger partial charge < -0.3 is 0 Å². The van der Waals surface area contributed by atoms with Gasteiger partial charge in [0.1, 0.15) is 8.07 Å². The summed E-state index contributed by atoms with van der Waals surface area (Å²) in [5.74, 6) is 0. The zero-order valence-electron chi connectivity index (χ0n) is 11.2. The molecule has 1 aromatic carbocycles. The lowest BCUT2D eigenvalue weighted by molar-refractivity contribution is 0.926. The summed E-state index contributed by atoms with van der Waals surface area (Å²) in [4.78, 5) is 0. The Morgan fingerprint density at radius 1 is 0.938 bits per heavy atom. The van der Waals surface area contributed by atoms with Crippen LogP contribution in [-0.4, -0.2) is 8.07 Å². The van der Waals surface area contributed by atoms with Crippen molar-refractivity contribution < 1.29 is 0 Å². The van der Waals surface area contributed by atoms with Gasteiger partial charge in [-0.3, -0.25) is 0 Å². The number of hydrogen-bond donors (Lipinski definition) is 0. The molecule has 1 aromatic rings. The molecule has 0 bridgehead atoms. The average molecular weight is 232 g/mol. The van der Waals surface area contributed by atoms with Crippen LogP contribution < -0.4 is 5.19 Å². The minimum Gasteiger partial charge on any atom is -0.0951 e. The molecule has 16 heavy (non-hydrogen) atoms. The molecule has 0 heterocycles. The topological polar surface area (TPSA) is 0 Å². The van der Waals surface area contributed by atoms with Gasteiger partial charge in [0.05, 0.1) is 0 Å². The lowest BCUT2D eigenvalue weighted by atomic mass is 10.4. The van der Waals surface area contributed by atoms with Gasteiger partial charge in [0.15, 0.2) is 0 Å². The van der Waals surface area contributed by atoms with E-state index in [1.54, 1.807) is 5.19 Å². The molecular formula is C15H24Si. The maximum Gasteiger partial charge on any atom is 0.114 e. The molecule has 0 atom stereocenters. The highest BCUT2D eigenvalue weighted by Crippen LogP contribution is 2.33. The van der Waals surface area contributed by atoms with E-state index in [4.69, 9.17) is 0 Å². The molecule has 0 radical (unpaired) electrons. The molecule has 0 saturated carbocycles. The van der Waals surface area contributed by atoms with Crippen LogP contribution in [0.25, 0.3) is 0 Å². The molecule has 0 amide bonds. The van der Waals surface area contributed by atoms with Crippen molar-refractivity contribution in [2.45, 2.75) is 45.7 Å². The molecule has 0 aliphatic heterocycles. The normalized spacial score (nSPS) is 12.9. The lowest BCUT2D eigenvalue weighted by Crippen LogP contribution is -2.51. The Kier molecular flexibility index (Phi) is 4.54. The fourth-order valence-corrected chi connectivity index (χ4v) is 7.77. The second-order valence-electron chi connectivity index (χ2n) is 5.11. The zero-order chi connectivity index (χ0) is 12.2. The van der Waals surface area contributed by atoms with Gasteiger partial charge in [0.25, 0.3) is 0 Å². The molecular weight excluding hydrogens is 208 g/mol. The fraction of sp³-hybridized carbons (Fsp3) is 0.467. The van der Waals surface area contributed by atoms with Gasteiger partial charge in [-0.05, 0) is 18.0 Å². The number of benzene rings is 1. The monoisotopic (exact) mass is 232 g/mol. The number of allylic oxidation sites excluding steroid dienone is 1. The standard InChI is InChI=1S/C15H24Si/c1-6-12-16(13(2)3,14(4)5)15-10-8-7-9-11-15/h6-14H,1-5H3. The van der Waals surface area contributed by atoms with Crippen molar-refractivity contribution >= 4 is 13.3 Å². The highest BCUT2D eigenvalue weighted by molar-refractivity contribution is 6.97. The molecule has 1 heteroatoms. The third kappa shape index (κ3) is 2.30. The second-order valence-corrected chi connectivity index (χ2v) is 10.2. The average Bonchev–Trinajstić information content (AvgIpc) is 2.26. The first-order valence-corrected chi connectivity index (χ1v) is 8.48. The van der Waals surface area contributed by atoms with Crippen LogP contribution in [0.15, 0.2) is 42.1 Å². The summed E-state index contributed by atoms with van der Waals surface area (Å²) in [5.41, 5.74) is 4.00. The third-order valence-corrected chi connectivity index (χ3v) is 9.67. The lowest BCUT2D eigenvalue weighted by Gasteiger charge is -2.37. The largest absolute Gasteiger partial charge is 0.114 e. The van der Waals surface area contributed by atoms with Crippen LogP contribution in [0.4, 0.5) is 0 Å². The Balaban J connectivity index is 3.33. The SMILES string of the molecule is CC=C[Si](c1ccccc1)(C(C)C)C(C)C. The van der Waals surface area contributed by atoms with E-state index in [1.807, 2.05) is 0 Å². The Bertz CT molecular complexity index is 328. The zero-order valence-corrected chi connectivity index (χ0v) is 12.2. The minimum absolute atomic E-state index is 0.742. The van der Waals surface area contributed by atoms with Gasteiger partial charge in [-0.15, -0.1) is 0 Å². The van der Waals surface area contributed by atoms with E-state index in [2.05, 4.69) is 76.7 Å². The van der Waals surface area contributed by atoms with Gasteiger partial charge in [-0.1, -0.05) is 75.0 Å². The predicted octanol–water partition coefficient (Wildman–Crippen LogP) is 4.28. The van der Waals surface area contributed by atoms with Gasteiger partial charge in [0.2, 0.25) is 0 Å². The van der Waals surface area contributed by atoms with Crippen LogP contribution in [0.1, 0.15) is 34.6 Å². The van der Waals surface area contributed by atoms with Crippen LogP contribution in [0.2, 0.25) is 11.1 Å². The summed E-state index contributed by atoms with van der Waals surface area (Å²) in [6, 6.07) is 11.1. The summed E-state index contributed by atoms with van der Waals surface area (Å²) in [7, 11) is -1.51. The molecule has 0 aromatic heterocycles. The van der Waals surface area contributed by atoms with E-state index in [9.17, 15) is 0 Å². The van der Waals surface area contributed by atoms with Gasteiger partial charge in [-0.25, -0.2) is 0 Å². The van der Waals surface area contributed by atoms with E-state index < -0.39 is 8.07 Å². The van der Waals surface area contributed by atoms with Gasteiger partial charge in [0, 0.05) is 0 Å². The summed E-state index contributed by atoms with van der Waals surface area (Å²) in [6.45, 7) is 11.6. The van der Waals surface area contributed by atoms with Crippen molar-refractivity contribution in [3.8, 4) is 0 Å². The van der Waals surface area contributed by atoms with Crippen molar-refractivity contribution in [1.29, 1.82) is 0 Å². The Labute approximate surface area is 101 Å². The van der Waals surface area contributed by atoms with Crippen LogP contribution >= 0.6 is 0 Å². The Morgan fingerprint density at radius 3 is 1.81 bits per heavy atom. The number of hydrogen-bond acceptors (Lipinski definition) is 0. The maximum atomic E-state index is 2.51. The van der Waals surface area contributed by atoms with Crippen molar-refractivity contribution in [2.24, 2.45) is 0 Å². The predicted molar refractivity (Wildman–Crippen MR) is 76.8 cm³/mol. The van der Waals surface area contributed by atoms with Crippen molar-refractivity contribution in [1.82, 2.24) is 0 Å². The molecule has 0 nitrogen and oxygen atoms in total. The van der Waals surface area contributed by atoms with E-state index in [-0.39, 0.29) is 0 Å². The third-order valence-electron chi connectivity index (χ3n) is 3.63. The molecule has 0 fully saturated rings. The van der Waals surface area contributed by atoms with Crippen LogP contribution in [0.5, 0.6) is 0 Å². The van der Waals surface area contributed by atoms with Crippen LogP contribution in [0.3, 0.4) is 0 Å². The molecule has 0 saturated heterocycles. The van der Waals surface area contributed by atoms with Gasteiger partial charge in [-0.2, -0.15) is 0 Å². The second kappa shape index (κ2) is 5.49. The van der Waals surface area contributed by atoms with Crippen LogP contribution in [0, 0.1) is 0 Å². The fourth-order valence-electron chi connectivity index (χ4n) is 2.82. The molecule has 0 spiro atoms. The smallest absolute Gasteiger partial charge is 0.0951 e. The quantitative estimate of drug-likeness (QED) is 0.680. The summed E-state index contributed by atoms with van der Waals surface area (Å²) < 4.78 is 0. The first-order valence-electron chi connectivity index (χ1n) is 6.25. The van der Waals surface area contributed by atoms with E-state index in [0.717, 1.165) is 11.1 Å². The van der Waals surface area contributed by atoms with Crippen molar-refractivity contribution in [2.75, 3.05) is 0 Å². The molecule has 0 unspecified atom stereocenters. The van der Waals surface area contributed by atoms with Crippen molar-refractivity contribution in [3.05, 3.63) is 42.1 Å².